The van der Waals surface area contributed by atoms with Gasteiger partial charge < -0.3 is 14.8 Å². The van der Waals surface area contributed by atoms with E-state index in [4.69, 9.17) is 9.47 Å². The van der Waals surface area contributed by atoms with Gasteiger partial charge in [-0.15, -0.1) is 0 Å². The van der Waals surface area contributed by atoms with Crippen molar-refractivity contribution in [1.29, 1.82) is 0 Å². The fourth-order valence-corrected chi connectivity index (χ4v) is 12.2. The van der Waals surface area contributed by atoms with Gasteiger partial charge in [-0.1, -0.05) is 70.0 Å². The highest BCUT2D eigenvalue weighted by Gasteiger charge is 2.68. The molecule has 4 fully saturated rings. The molecule has 7 atom stereocenters. The number of esters is 1. The lowest BCUT2D eigenvalue weighted by Crippen LogP contribution is -2.57. The van der Waals surface area contributed by atoms with Crippen LogP contribution in [0.4, 0.5) is 0 Å². The van der Waals surface area contributed by atoms with Crippen molar-refractivity contribution in [2.45, 2.75) is 167 Å². The number of ether oxygens (including phenoxy) is 2. The van der Waals surface area contributed by atoms with Crippen LogP contribution in [0, 0.1) is 34.5 Å². The fourth-order valence-electron chi connectivity index (χ4n) is 10.6. The maximum atomic E-state index is 14.0. The Morgan fingerprint density at radius 3 is 2.39 bits per heavy atom. The minimum absolute atomic E-state index is 0.0272. The zero-order chi connectivity index (χ0) is 36.0. The van der Waals surface area contributed by atoms with Gasteiger partial charge >= 0.3 is 5.97 Å². The molecule has 1 N–H and O–H groups in total. The summed E-state index contributed by atoms with van der Waals surface area (Å²) in [7, 11) is 0. The Kier molecular flexibility index (Phi) is 11.1. The zero-order valence-corrected chi connectivity index (χ0v) is 32.5. The molecule has 7 nitrogen and oxygen atoms in total. The van der Waals surface area contributed by atoms with E-state index in [2.05, 4.69) is 39.6 Å². The van der Waals surface area contributed by atoms with Crippen LogP contribution in [0.3, 0.4) is 0 Å². The number of carbonyl (C=O) groups excluding carboxylic acids is 4. The number of rotatable bonds is 13. The first-order chi connectivity index (χ1) is 22.9. The van der Waals surface area contributed by atoms with Crippen molar-refractivity contribution >= 4 is 34.5 Å². The van der Waals surface area contributed by atoms with Gasteiger partial charge in [0, 0.05) is 36.3 Å². The molecule has 1 saturated heterocycles. The monoisotopic (exact) mass is 697 g/mol. The van der Waals surface area contributed by atoms with Gasteiger partial charge in [-0.05, 0) is 114 Å². The molecule has 0 aromatic carbocycles. The maximum absolute atomic E-state index is 14.0. The van der Waals surface area contributed by atoms with E-state index in [1.165, 1.54) is 17.3 Å². The molecule has 3 saturated carbocycles. The van der Waals surface area contributed by atoms with Crippen LogP contribution < -0.4 is 5.32 Å². The molecule has 1 aliphatic heterocycles. The molecule has 49 heavy (non-hydrogen) atoms. The summed E-state index contributed by atoms with van der Waals surface area (Å²) in [5.41, 5.74) is 0.370. The molecule has 1 amide bonds. The van der Waals surface area contributed by atoms with E-state index in [-0.39, 0.29) is 57.5 Å². The Hall–Kier alpha value is -1.93. The third-order valence-corrected chi connectivity index (χ3v) is 14.8. The molecular formula is C41H63NO6S. The lowest BCUT2D eigenvalue weighted by atomic mass is 9.46. The first-order valence-corrected chi connectivity index (χ1v) is 20.0. The van der Waals surface area contributed by atoms with Crippen molar-refractivity contribution in [3.63, 3.8) is 0 Å². The number of hydrogen-bond acceptors (Lipinski definition) is 7. The first-order valence-electron chi connectivity index (χ1n) is 19.1. The molecule has 8 heteroatoms. The van der Waals surface area contributed by atoms with E-state index < -0.39 is 11.1 Å². The summed E-state index contributed by atoms with van der Waals surface area (Å²) in [5, 5.41) is 3.29. The summed E-state index contributed by atoms with van der Waals surface area (Å²) >= 11 is 1.47. The zero-order valence-electron chi connectivity index (χ0n) is 31.6. The van der Waals surface area contributed by atoms with Gasteiger partial charge in [-0.25, -0.2) is 0 Å². The number of hydrogen-bond donors (Lipinski definition) is 1. The highest BCUT2D eigenvalue weighted by molar-refractivity contribution is 8.14. The quantitative estimate of drug-likeness (QED) is 0.152. The minimum Gasteiger partial charge on any atom is -0.458 e. The van der Waals surface area contributed by atoms with Gasteiger partial charge in [0.2, 0.25) is 5.91 Å². The number of allylic oxidation sites excluding steroid dienone is 1. The predicted octanol–water partition coefficient (Wildman–Crippen LogP) is 8.69. The average molecular weight is 698 g/mol. The van der Waals surface area contributed by atoms with Crippen LogP contribution in [0.5, 0.6) is 0 Å². The Bertz CT molecular complexity index is 1360. The molecule has 0 aromatic heterocycles. The van der Waals surface area contributed by atoms with Crippen molar-refractivity contribution in [3.8, 4) is 0 Å². The summed E-state index contributed by atoms with van der Waals surface area (Å²) in [5.74, 6) is 1.74. The van der Waals surface area contributed by atoms with E-state index in [1.54, 1.807) is 0 Å². The highest BCUT2D eigenvalue weighted by atomic mass is 32.2. The van der Waals surface area contributed by atoms with Crippen LogP contribution in [0.1, 0.15) is 145 Å². The molecule has 0 radical (unpaired) electrons. The van der Waals surface area contributed by atoms with Gasteiger partial charge in [-0.3, -0.25) is 19.2 Å². The van der Waals surface area contributed by atoms with Crippen molar-refractivity contribution in [2.24, 2.45) is 34.5 Å². The topological polar surface area (TPSA) is 98.8 Å². The molecule has 274 valence electrons. The second-order valence-corrected chi connectivity index (χ2v) is 19.3. The smallest absolute Gasteiger partial charge is 0.306 e. The summed E-state index contributed by atoms with van der Waals surface area (Å²) < 4.78 is 12.6. The molecule has 0 aromatic rings. The molecule has 4 aliphatic carbocycles. The second kappa shape index (κ2) is 14.2. The number of ketones is 1. The third kappa shape index (κ3) is 7.80. The SMILES string of the molecule is C=C(CC(=O)NC(C)(C)COC(C)(C)CC(=O)S[C@@H]1CC2=CC(=O)CCC2(C)C2CCC3(C)C(CC[C@@]34CCC(=O)O4)C21)CC(CC)CC. The number of fused-ring (bicyclic) bond motifs is 6. The van der Waals surface area contributed by atoms with Gasteiger partial charge in [-0.2, -0.15) is 0 Å². The molecule has 5 unspecified atom stereocenters. The number of amides is 1. The Labute approximate surface area is 299 Å². The fraction of sp³-hybridized carbons (Fsp3) is 0.805. The van der Waals surface area contributed by atoms with Gasteiger partial charge in [0.1, 0.15) is 5.60 Å². The van der Waals surface area contributed by atoms with Gasteiger partial charge in [0.15, 0.2) is 10.9 Å². The molecular weight excluding hydrogens is 635 g/mol. The van der Waals surface area contributed by atoms with Crippen molar-refractivity contribution in [2.75, 3.05) is 6.61 Å². The molecule has 1 heterocycles. The number of nitrogens with one attached hydrogen (secondary N) is 1. The third-order valence-electron chi connectivity index (χ3n) is 13.6. The summed E-state index contributed by atoms with van der Waals surface area (Å²) in [6.45, 7) is 21.3. The van der Waals surface area contributed by atoms with Crippen LogP contribution in [0.2, 0.25) is 0 Å². The second-order valence-electron chi connectivity index (χ2n) is 18.0. The highest BCUT2D eigenvalue weighted by Crippen LogP contribution is 2.70. The van der Waals surface area contributed by atoms with Crippen LogP contribution in [-0.4, -0.2) is 51.4 Å². The van der Waals surface area contributed by atoms with E-state index in [0.29, 0.717) is 42.9 Å². The van der Waals surface area contributed by atoms with Crippen LogP contribution >= 0.6 is 11.8 Å². The van der Waals surface area contributed by atoms with Crippen LogP contribution in [-0.2, 0) is 28.7 Å². The van der Waals surface area contributed by atoms with E-state index in [1.807, 2.05) is 33.8 Å². The molecule has 0 bridgehead atoms. The maximum Gasteiger partial charge on any atom is 0.306 e. The average Bonchev–Trinajstić information content (AvgIpc) is 3.53. The minimum atomic E-state index is -0.718. The van der Waals surface area contributed by atoms with Gasteiger partial charge in [0.25, 0.3) is 0 Å². The predicted molar refractivity (Wildman–Crippen MR) is 196 cm³/mol. The van der Waals surface area contributed by atoms with E-state index in [9.17, 15) is 19.2 Å². The van der Waals surface area contributed by atoms with Crippen molar-refractivity contribution in [3.05, 3.63) is 23.8 Å². The number of carbonyl (C=O) groups is 4. The molecule has 1 spiro atoms. The first kappa shape index (κ1) is 38.3. The normalized spacial score (nSPS) is 34.3. The Morgan fingerprint density at radius 1 is 1.04 bits per heavy atom. The van der Waals surface area contributed by atoms with Crippen LogP contribution in [0.25, 0.3) is 0 Å². The van der Waals surface area contributed by atoms with Crippen LogP contribution in [0.15, 0.2) is 23.8 Å². The Morgan fingerprint density at radius 2 is 1.73 bits per heavy atom. The Balaban J connectivity index is 1.25. The summed E-state index contributed by atoms with van der Waals surface area (Å²) in [6, 6.07) is 0. The van der Waals surface area contributed by atoms with Crippen molar-refractivity contribution < 1.29 is 28.7 Å². The van der Waals surface area contributed by atoms with E-state index in [0.717, 1.165) is 69.8 Å². The van der Waals surface area contributed by atoms with Gasteiger partial charge in [0.05, 0.1) is 17.7 Å². The van der Waals surface area contributed by atoms with E-state index >= 15 is 0 Å². The largest absolute Gasteiger partial charge is 0.458 e. The standard InChI is InChI=1S/C41H63NO6S/c1-10-27(11-2)20-26(3)21-33(44)42-37(4,5)25-47-38(6,7)24-35(46)49-32-23-28-22-29(43)12-16-39(28,8)30-13-17-40(9)31(36(30)32)14-18-41(40)19-15-34(45)48-41/h22,27,30-32,36H,3,10-21,23-25H2,1-2,4-9H3,(H,42,44)/t30?,31?,32-,36?,39?,40?,41-/m1/s1. The number of thioether (sulfide) groups is 1. The molecule has 5 rings (SSSR count). The molecule has 5 aliphatic rings. The summed E-state index contributed by atoms with van der Waals surface area (Å²) in [4.78, 5) is 52.0. The van der Waals surface area contributed by atoms with Crippen molar-refractivity contribution in [1.82, 2.24) is 5.32 Å². The summed E-state index contributed by atoms with van der Waals surface area (Å²) in [6.07, 6.45) is 13.0. The lowest BCUT2D eigenvalue weighted by molar-refractivity contribution is -0.167. The lowest BCUT2D eigenvalue weighted by Gasteiger charge is -2.61.